The maximum Gasteiger partial charge on any atom is 0.407 e. The van der Waals surface area contributed by atoms with Gasteiger partial charge in [0, 0.05) is 30.7 Å². The van der Waals surface area contributed by atoms with E-state index in [0.717, 1.165) is 24.1 Å². The van der Waals surface area contributed by atoms with E-state index in [4.69, 9.17) is 5.73 Å². The standard InChI is InChI=1S/C19H23FN4O3/c1-9-10(2)22-16-12(18(21)25)7-13(20)17(15(9)16)23-5-3-11-4-6-24(19(26)27)14(11)8-23/h7,11,14,22H,3-6,8H2,1-2H3,(H2,21,25)(H,26,27). The summed E-state index contributed by atoms with van der Waals surface area (Å²) in [7, 11) is 0. The van der Waals surface area contributed by atoms with E-state index in [1.54, 1.807) is 0 Å². The van der Waals surface area contributed by atoms with Gasteiger partial charge in [-0.1, -0.05) is 0 Å². The van der Waals surface area contributed by atoms with Gasteiger partial charge in [0.25, 0.3) is 5.91 Å². The number of carboxylic acid groups (broad SMARTS) is 1. The van der Waals surface area contributed by atoms with Crippen molar-refractivity contribution in [2.24, 2.45) is 11.7 Å². The van der Waals surface area contributed by atoms with Crippen LogP contribution < -0.4 is 10.6 Å². The van der Waals surface area contributed by atoms with Crippen LogP contribution in [0.4, 0.5) is 14.9 Å². The molecule has 0 bridgehead atoms. The maximum absolute atomic E-state index is 15.1. The van der Waals surface area contributed by atoms with Crippen molar-refractivity contribution in [3.63, 3.8) is 0 Å². The molecule has 8 heteroatoms. The second-order valence-corrected chi connectivity index (χ2v) is 7.57. The number of aromatic nitrogens is 1. The van der Waals surface area contributed by atoms with Crippen LogP contribution in [-0.2, 0) is 0 Å². The van der Waals surface area contributed by atoms with Crippen LogP contribution in [0.25, 0.3) is 10.9 Å². The minimum atomic E-state index is -0.923. The van der Waals surface area contributed by atoms with Gasteiger partial charge >= 0.3 is 6.09 Å². The molecule has 144 valence electrons. The van der Waals surface area contributed by atoms with Crippen molar-refractivity contribution in [3.05, 3.63) is 28.7 Å². The lowest BCUT2D eigenvalue weighted by Gasteiger charge is -2.39. The molecule has 4 N–H and O–H groups in total. The Morgan fingerprint density at radius 3 is 2.67 bits per heavy atom. The summed E-state index contributed by atoms with van der Waals surface area (Å²) < 4.78 is 15.1. The molecule has 2 fully saturated rings. The molecule has 7 nitrogen and oxygen atoms in total. The number of primary amides is 1. The molecule has 2 aromatic rings. The monoisotopic (exact) mass is 374 g/mol. The Kier molecular flexibility index (Phi) is 4.01. The fraction of sp³-hybridized carbons (Fsp3) is 0.474. The molecule has 1 aromatic carbocycles. The summed E-state index contributed by atoms with van der Waals surface area (Å²) in [5.74, 6) is -0.871. The van der Waals surface area contributed by atoms with Gasteiger partial charge in [0.15, 0.2) is 0 Å². The van der Waals surface area contributed by atoms with Gasteiger partial charge in [0.05, 0.1) is 22.8 Å². The van der Waals surface area contributed by atoms with Crippen molar-refractivity contribution >= 4 is 28.6 Å². The maximum atomic E-state index is 15.1. The number of fused-ring (bicyclic) bond motifs is 2. The summed E-state index contributed by atoms with van der Waals surface area (Å²) in [6.07, 6.45) is 0.744. The van der Waals surface area contributed by atoms with Gasteiger partial charge in [-0.2, -0.15) is 0 Å². The summed E-state index contributed by atoms with van der Waals surface area (Å²) >= 11 is 0. The summed E-state index contributed by atoms with van der Waals surface area (Å²) in [4.78, 5) is 29.9. The molecular weight excluding hydrogens is 351 g/mol. The van der Waals surface area contributed by atoms with E-state index in [2.05, 4.69) is 4.98 Å². The quantitative estimate of drug-likeness (QED) is 0.752. The summed E-state index contributed by atoms with van der Waals surface area (Å²) in [5, 5.41) is 10.1. The van der Waals surface area contributed by atoms with Gasteiger partial charge < -0.3 is 25.6 Å². The number of hydrogen-bond donors (Lipinski definition) is 3. The van der Waals surface area contributed by atoms with E-state index >= 15 is 4.39 Å². The number of anilines is 1. The number of benzene rings is 1. The van der Waals surface area contributed by atoms with Crippen molar-refractivity contribution < 1.29 is 19.1 Å². The summed E-state index contributed by atoms with van der Waals surface area (Å²) in [6.45, 7) is 5.38. The van der Waals surface area contributed by atoms with Gasteiger partial charge in [-0.15, -0.1) is 0 Å². The first-order valence-corrected chi connectivity index (χ1v) is 9.15. The van der Waals surface area contributed by atoms with Crippen LogP contribution in [0.3, 0.4) is 0 Å². The minimum Gasteiger partial charge on any atom is -0.465 e. The van der Waals surface area contributed by atoms with Crippen molar-refractivity contribution in [2.45, 2.75) is 32.7 Å². The Labute approximate surface area is 155 Å². The third kappa shape index (κ3) is 2.62. The smallest absolute Gasteiger partial charge is 0.407 e. The van der Waals surface area contributed by atoms with E-state index in [0.29, 0.717) is 42.1 Å². The number of aromatic amines is 1. The van der Waals surface area contributed by atoms with Crippen LogP contribution in [0.2, 0.25) is 0 Å². The van der Waals surface area contributed by atoms with Gasteiger partial charge in [-0.05, 0) is 44.2 Å². The molecule has 2 aliphatic heterocycles. The minimum absolute atomic E-state index is 0.130. The molecule has 27 heavy (non-hydrogen) atoms. The first-order valence-electron chi connectivity index (χ1n) is 9.15. The molecule has 3 heterocycles. The molecule has 2 atom stereocenters. The van der Waals surface area contributed by atoms with Gasteiger partial charge in [0.2, 0.25) is 0 Å². The topological polar surface area (TPSA) is 103 Å². The van der Waals surface area contributed by atoms with Gasteiger partial charge in [-0.25, -0.2) is 9.18 Å². The van der Waals surface area contributed by atoms with Crippen LogP contribution in [0.15, 0.2) is 6.07 Å². The first kappa shape index (κ1) is 17.6. The van der Waals surface area contributed by atoms with Crippen LogP contribution in [0.5, 0.6) is 0 Å². The number of aryl methyl sites for hydroxylation is 2. The number of hydrogen-bond acceptors (Lipinski definition) is 3. The van der Waals surface area contributed by atoms with E-state index < -0.39 is 17.8 Å². The number of H-pyrrole nitrogens is 1. The zero-order valence-electron chi connectivity index (χ0n) is 15.4. The van der Waals surface area contributed by atoms with Gasteiger partial charge in [0.1, 0.15) is 5.82 Å². The number of halogens is 1. The zero-order chi connectivity index (χ0) is 19.5. The number of nitrogens with zero attached hydrogens (tertiary/aromatic N) is 2. The van der Waals surface area contributed by atoms with Gasteiger partial charge in [-0.3, -0.25) is 4.79 Å². The largest absolute Gasteiger partial charge is 0.465 e. The van der Waals surface area contributed by atoms with Crippen LogP contribution in [-0.4, -0.2) is 52.7 Å². The Morgan fingerprint density at radius 1 is 1.30 bits per heavy atom. The average Bonchev–Trinajstić information content (AvgIpc) is 3.16. The molecule has 0 spiro atoms. The Bertz CT molecular complexity index is 954. The third-order valence-electron chi connectivity index (χ3n) is 6.19. The highest BCUT2D eigenvalue weighted by Gasteiger charge is 2.41. The van der Waals surface area contributed by atoms with Crippen LogP contribution >= 0.6 is 0 Å². The zero-order valence-corrected chi connectivity index (χ0v) is 15.4. The van der Waals surface area contributed by atoms with Crippen LogP contribution in [0.1, 0.15) is 34.5 Å². The SMILES string of the molecule is Cc1[nH]c2c(C(N)=O)cc(F)c(N3CCC4CCN(C(=O)O)C4C3)c2c1C. The fourth-order valence-electron chi connectivity index (χ4n) is 4.69. The molecule has 2 amide bonds. The molecule has 2 saturated heterocycles. The van der Waals surface area contributed by atoms with E-state index in [-0.39, 0.29) is 11.6 Å². The highest BCUT2D eigenvalue weighted by molar-refractivity contribution is 6.10. The number of piperidine rings is 1. The van der Waals surface area contributed by atoms with E-state index in [1.807, 2.05) is 18.7 Å². The lowest BCUT2D eigenvalue weighted by Crippen LogP contribution is -2.50. The molecule has 4 rings (SSSR count). The highest BCUT2D eigenvalue weighted by Crippen LogP contribution is 2.40. The fourth-order valence-corrected chi connectivity index (χ4v) is 4.69. The van der Waals surface area contributed by atoms with Crippen molar-refractivity contribution in [1.29, 1.82) is 0 Å². The number of rotatable bonds is 2. The lowest BCUT2D eigenvalue weighted by molar-refractivity contribution is 0.100. The lowest BCUT2D eigenvalue weighted by atomic mass is 9.91. The average molecular weight is 374 g/mol. The molecule has 0 radical (unpaired) electrons. The van der Waals surface area contributed by atoms with Crippen LogP contribution in [0, 0.1) is 25.6 Å². The summed E-state index contributed by atoms with van der Waals surface area (Å²) in [5.41, 5.74) is 8.26. The Hall–Kier alpha value is -2.77. The molecule has 0 aliphatic carbocycles. The molecule has 1 aromatic heterocycles. The number of carbonyl (C=O) groups excluding carboxylic acids is 1. The molecule has 0 saturated carbocycles. The Balaban J connectivity index is 1.82. The number of nitrogens with one attached hydrogen (secondary N) is 1. The van der Waals surface area contributed by atoms with Crippen molar-refractivity contribution in [2.75, 3.05) is 24.5 Å². The number of carbonyl (C=O) groups is 2. The van der Waals surface area contributed by atoms with Crippen molar-refractivity contribution in [1.82, 2.24) is 9.88 Å². The van der Waals surface area contributed by atoms with E-state index in [1.165, 1.54) is 11.0 Å². The highest BCUT2D eigenvalue weighted by atomic mass is 19.1. The predicted octanol–water partition coefficient (Wildman–Crippen LogP) is 2.60. The second-order valence-electron chi connectivity index (χ2n) is 7.57. The number of likely N-dealkylation sites (tertiary alicyclic amines) is 1. The first-order chi connectivity index (χ1) is 12.8. The summed E-state index contributed by atoms with van der Waals surface area (Å²) in [6, 6.07) is 1.05. The van der Waals surface area contributed by atoms with Crippen molar-refractivity contribution in [3.8, 4) is 0 Å². The molecule has 2 unspecified atom stereocenters. The third-order valence-corrected chi connectivity index (χ3v) is 6.19. The molecule has 2 aliphatic rings. The predicted molar refractivity (Wildman–Crippen MR) is 99.7 cm³/mol. The Morgan fingerprint density at radius 2 is 2.00 bits per heavy atom. The molecular formula is C19H23FN4O3. The van der Waals surface area contributed by atoms with E-state index in [9.17, 15) is 14.7 Å². The second kappa shape index (κ2) is 6.14. The normalized spacial score (nSPS) is 22.3. The number of nitrogens with two attached hydrogens (primary N) is 1. The number of amides is 2.